The molecule has 386 valence electrons. The number of carbonyl (C=O) groups is 2. The number of halogens is 3. The summed E-state index contributed by atoms with van der Waals surface area (Å²) >= 11 is 0. The van der Waals surface area contributed by atoms with E-state index in [1.165, 1.54) is 26.0 Å². The van der Waals surface area contributed by atoms with E-state index in [2.05, 4.69) is 9.88 Å². The Hall–Kier alpha value is -6.27. The number of nitrogens with one attached hydrogen (secondary N) is 1. The number of aliphatic hydroxyl groups is 1. The third-order valence-corrected chi connectivity index (χ3v) is 15.1. The van der Waals surface area contributed by atoms with E-state index < -0.39 is 41.0 Å². The van der Waals surface area contributed by atoms with Crippen LogP contribution in [0.4, 0.5) is 18.0 Å². The highest BCUT2D eigenvalue weighted by atomic mass is 19.1. The number of cyclic esters (lactones) is 1. The maximum absolute atomic E-state index is 16.1. The zero-order valence-corrected chi connectivity index (χ0v) is 42.5. The van der Waals surface area contributed by atoms with Crippen LogP contribution in [0.1, 0.15) is 105 Å². The van der Waals surface area contributed by atoms with Crippen molar-refractivity contribution in [1.82, 2.24) is 34.1 Å². The van der Waals surface area contributed by atoms with Gasteiger partial charge in [-0.2, -0.15) is 0 Å². The first kappa shape index (κ1) is 50.3. The number of amides is 1. The lowest BCUT2D eigenvalue weighted by Gasteiger charge is -2.43. The molecule has 0 unspecified atom stereocenters. The monoisotopic (exact) mass is 1000 g/mol. The van der Waals surface area contributed by atoms with Gasteiger partial charge >= 0.3 is 12.1 Å². The number of nitrogens with zero attached hydrogens (tertiary/aromatic N) is 6. The fraction of sp³-hybridized carbons (Fsp3) is 0.464. The molecular formula is C56H64F3N7O7. The summed E-state index contributed by atoms with van der Waals surface area (Å²) < 4.78 is 66.3. The van der Waals surface area contributed by atoms with Crippen molar-refractivity contribution in [1.29, 1.82) is 0 Å². The highest BCUT2D eigenvalue weighted by Crippen LogP contribution is 2.45. The van der Waals surface area contributed by atoms with Gasteiger partial charge in [0, 0.05) is 102 Å². The van der Waals surface area contributed by atoms with Crippen molar-refractivity contribution in [3.63, 3.8) is 0 Å². The number of H-pyrrole nitrogens is 1. The molecule has 3 atom stereocenters. The average Bonchev–Trinajstić information content (AvgIpc) is 3.90. The van der Waals surface area contributed by atoms with Crippen LogP contribution in [0.25, 0.3) is 33.2 Å². The Kier molecular flexibility index (Phi) is 13.7. The van der Waals surface area contributed by atoms with Gasteiger partial charge in [-0.3, -0.25) is 14.6 Å². The van der Waals surface area contributed by atoms with E-state index in [-0.39, 0.29) is 60.2 Å². The normalized spacial score (nSPS) is 20.0. The molecular weight excluding hydrogens is 940 g/mol. The molecule has 0 saturated carbocycles. The number of unbranched alkanes of at least 4 members (excludes halogenated alkanes) is 3. The highest BCUT2D eigenvalue weighted by molar-refractivity contribution is 5.90. The largest absolute Gasteiger partial charge is 0.493 e. The fourth-order valence-electron chi connectivity index (χ4n) is 11.4. The third-order valence-electron chi connectivity index (χ3n) is 15.1. The number of carbonyl (C=O) groups excluding carboxylic acids is 2. The number of fused-ring (bicyclic) bond motifs is 8. The van der Waals surface area contributed by atoms with E-state index in [1.807, 2.05) is 61.2 Å². The van der Waals surface area contributed by atoms with Crippen molar-refractivity contribution >= 4 is 33.9 Å². The molecule has 4 aliphatic heterocycles. The quantitative estimate of drug-likeness (QED) is 0.0752. The number of hydrogen-bond donors (Lipinski definition) is 2. The topological polar surface area (TPSA) is 146 Å². The Morgan fingerprint density at radius 2 is 1.71 bits per heavy atom. The third kappa shape index (κ3) is 9.60. The fourth-order valence-corrected chi connectivity index (χ4v) is 11.4. The van der Waals surface area contributed by atoms with Crippen LogP contribution in [0, 0.1) is 11.6 Å². The number of hydrogen-bond acceptors (Lipinski definition) is 11. The summed E-state index contributed by atoms with van der Waals surface area (Å²) in [5, 5.41) is 13.1. The second-order valence-corrected chi connectivity index (χ2v) is 21.1. The highest BCUT2D eigenvalue weighted by Gasteiger charge is 2.46. The summed E-state index contributed by atoms with van der Waals surface area (Å²) in [4.78, 5) is 56.4. The van der Waals surface area contributed by atoms with Crippen LogP contribution in [0.3, 0.4) is 0 Å². The van der Waals surface area contributed by atoms with Gasteiger partial charge in [0.05, 0.1) is 41.7 Å². The standard InChI is InChI=1S/C56H64F3N7O7/c1-7-56(70)41-28-46-49-34(29-65(46)52(67)40(41)31-72-53(56)68)25-37-39(30-62(5)6)47(17-16-45(37)60-49)73-54(69)64-21-19-63(20-22-64)18-12-8-9-13-23-71-35-26-42(57)48(43(58)27-35)51-50-38(36-14-10-11-15-44(36)61-50)24-33(2)66(51)32-55(3,4)59/h10-11,14-17,25-28,33,51,61,70H,7-9,12-13,18-24,29-32H2,1-6H3/t33-,51-,56+/m1/s1. The van der Waals surface area contributed by atoms with Gasteiger partial charge in [-0.25, -0.2) is 27.7 Å². The lowest BCUT2D eigenvalue weighted by molar-refractivity contribution is -0.172. The molecule has 0 spiro atoms. The van der Waals surface area contributed by atoms with Crippen LogP contribution in [-0.4, -0.2) is 123 Å². The lowest BCUT2D eigenvalue weighted by Crippen LogP contribution is -2.49. The predicted molar refractivity (Wildman–Crippen MR) is 271 cm³/mol. The zero-order valence-electron chi connectivity index (χ0n) is 42.5. The minimum Gasteiger partial charge on any atom is -0.493 e. The van der Waals surface area contributed by atoms with Gasteiger partial charge in [0.25, 0.3) is 5.56 Å². The number of para-hydroxylation sites is 1. The Morgan fingerprint density at radius 1 is 0.973 bits per heavy atom. The molecule has 0 aliphatic carbocycles. The van der Waals surface area contributed by atoms with Crippen LogP contribution in [0.15, 0.2) is 65.5 Å². The number of rotatable bonds is 15. The van der Waals surface area contributed by atoms with Gasteiger partial charge in [0.1, 0.15) is 35.4 Å². The van der Waals surface area contributed by atoms with Crippen molar-refractivity contribution in [2.24, 2.45) is 0 Å². The molecule has 7 heterocycles. The molecule has 0 bridgehead atoms. The number of pyridine rings is 2. The first-order valence-corrected chi connectivity index (χ1v) is 25.5. The molecule has 4 aliphatic rings. The van der Waals surface area contributed by atoms with Crippen LogP contribution in [0.5, 0.6) is 11.5 Å². The number of aromatic amines is 1. The smallest absolute Gasteiger partial charge is 0.415 e. The average molecular weight is 1000 g/mol. The van der Waals surface area contributed by atoms with Gasteiger partial charge in [-0.15, -0.1) is 0 Å². The number of ether oxygens (including phenoxy) is 3. The van der Waals surface area contributed by atoms with E-state index in [0.29, 0.717) is 80.5 Å². The zero-order chi connectivity index (χ0) is 51.5. The molecule has 2 N–H and O–H groups in total. The molecule has 0 radical (unpaired) electrons. The van der Waals surface area contributed by atoms with Gasteiger partial charge < -0.3 is 38.7 Å². The number of piperazine rings is 1. The Bertz CT molecular complexity index is 3150. The van der Waals surface area contributed by atoms with E-state index in [9.17, 15) is 19.5 Å². The number of benzene rings is 3. The summed E-state index contributed by atoms with van der Waals surface area (Å²) in [5.41, 5.74) is 2.49. The second kappa shape index (κ2) is 19.9. The van der Waals surface area contributed by atoms with E-state index >= 15 is 13.2 Å². The van der Waals surface area contributed by atoms with Crippen molar-refractivity contribution < 1.29 is 42.1 Å². The summed E-state index contributed by atoms with van der Waals surface area (Å²) in [6, 6.07) is 16.6. The molecule has 73 heavy (non-hydrogen) atoms. The van der Waals surface area contributed by atoms with Crippen molar-refractivity contribution in [2.45, 2.75) is 109 Å². The number of alkyl halides is 1. The molecule has 14 nitrogen and oxygen atoms in total. The van der Waals surface area contributed by atoms with Gasteiger partial charge in [0.2, 0.25) is 0 Å². The number of aromatic nitrogens is 3. The predicted octanol–water partition coefficient (Wildman–Crippen LogP) is 8.74. The van der Waals surface area contributed by atoms with Gasteiger partial charge in [0.15, 0.2) is 5.60 Å². The molecule has 17 heteroatoms. The Balaban J connectivity index is 0.714. The maximum atomic E-state index is 16.1. The van der Waals surface area contributed by atoms with Crippen LogP contribution >= 0.6 is 0 Å². The second-order valence-electron chi connectivity index (χ2n) is 21.1. The number of esters is 1. The molecule has 6 aromatic rings. The molecule has 3 aromatic heterocycles. The maximum Gasteiger partial charge on any atom is 0.415 e. The van der Waals surface area contributed by atoms with Crippen LogP contribution in [0.2, 0.25) is 0 Å². The Labute approximate surface area is 422 Å². The Morgan fingerprint density at radius 3 is 2.44 bits per heavy atom. The van der Waals surface area contributed by atoms with Crippen molar-refractivity contribution in [2.75, 3.05) is 60.0 Å². The molecule has 1 saturated heterocycles. The molecule has 1 amide bonds. The first-order valence-electron chi connectivity index (χ1n) is 25.5. The van der Waals surface area contributed by atoms with Crippen LogP contribution < -0.4 is 15.0 Å². The summed E-state index contributed by atoms with van der Waals surface area (Å²) in [7, 11) is 3.87. The minimum atomic E-state index is -1.92. The summed E-state index contributed by atoms with van der Waals surface area (Å²) in [5.74, 6) is -1.67. The SMILES string of the molecule is CC[C@@]1(O)C(=O)OCc2c1cc1n(c2=O)Cc2cc3c(CN(C)C)c(OC(=O)N4CCN(CCCCCCOc5cc(F)c([C@@H]6c7[nH]c8ccccc8c7C[C@@H](C)N6CC(C)(C)F)c(F)c5)CC4)ccc3nc2-1. The molecule has 3 aromatic carbocycles. The molecule has 10 rings (SSSR count). The van der Waals surface area contributed by atoms with E-state index in [4.69, 9.17) is 19.2 Å². The van der Waals surface area contributed by atoms with Crippen LogP contribution in [-0.2, 0) is 41.2 Å². The first-order chi connectivity index (χ1) is 34.9. The van der Waals surface area contributed by atoms with E-state index in [0.717, 1.165) is 58.8 Å². The minimum absolute atomic E-state index is 0.00654. The lowest BCUT2D eigenvalue weighted by atomic mass is 9.86. The van der Waals surface area contributed by atoms with Crippen molar-refractivity contribution in [3.8, 4) is 22.9 Å². The van der Waals surface area contributed by atoms with Crippen molar-refractivity contribution in [3.05, 3.63) is 122 Å². The van der Waals surface area contributed by atoms with Gasteiger partial charge in [-0.05, 0) is 103 Å². The van der Waals surface area contributed by atoms with Gasteiger partial charge in [-0.1, -0.05) is 38.0 Å². The molecule has 1 fully saturated rings. The van der Waals surface area contributed by atoms with E-state index in [1.54, 1.807) is 34.6 Å². The summed E-state index contributed by atoms with van der Waals surface area (Å²) in [6.45, 7) is 10.7. The summed E-state index contributed by atoms with van der Waals surface area (Å²) in [6.07, 6.45) is 3.73.